The minimum absolute atomic E-state index is 0.000194. The molecule has 3 aromatic heterocycles. The van der Waals surface area contributed by atoms with E-state index in [0.29, 0.717) is 11.9 Å². The highest BCUT2D eigenvalue weighted by Gasteiger charge is 2.25. The van der Waals surface area contributed by atoms with Crippen LogP contribution >= 0.6 is 0 Å². The number of hydrogen-bond acceptors (Lipinski definition) is 7. The molecule has 0 aromatic carbocycles. The summed E-state index contributed by atoms with van der Waals surface area (Å²) < 4.78 is 3.47. The van der Waals surface area contributed by atoms with E-state index in [9.17, 15) is 4.79 Å². The summed E-state index contributed by atoms with van der Waals surface area (Å²) in [7, 11) is 3.85. The Hall–Kier alpha value is -3.20. The quantitative estimate of drug-likeness (QED) is 0.551. The van der Waals surface area contributed by atoms with E-state index < -0.39 is 0 Å². The van der Waals surface area contributed by atoms with Gasteiger partial charge in [0.25, 0.3) is 5.56 Å². The monoisotopic (exact) mass is 462 g/mol. The molecule has 5 rings (SSSR count). The Kier molecular flexibility index (Phi) is 6.36. The van der Waals surface area contributed by atoms with E-state index in [1.54, 1.807) is 33.9 Å². The minimum atomic E-state index is -0.144. The summed E-state index contributed by atoms with van der Waals surface area (Å²) >= 11 is 0. The molecule has 0 radical (unpaired) electrons. The highest BCUT2D eigenvalue weighted by Crippen LogP contribution is 2.28. The summed E-state index contributed by atoms with van der Waals surface area (Å²) in [6.45, 7) is 5.12. The molecule has 2 aliphatic rings. The lowest BCUT2D eigenvalue weighted by Gasteiger charge is -2.35. The maximum atomic E-state index is 13.1. The standard InChI is InChI=1S/C25H34N8O/c1-18(20-13-28-33(16-20)24-15-26-14-23(29-24)30(2)3)32-10-8-22(11-25(32)34)31-9-4-5-21(17-31)27-12-19-6-7-19/h8,10-11,13-16,18-19,21,27H,4-7,9,12,17H2,1-3H3/t18?,21-/m1/s1. The number of aromatic nitrogens is 5. The Morgan fingerprint density at radius 2 is 2.06 bits per heavy atom. The molecule has 180 valence electrons. The predicted octanol–water partition coefficient (Wildman–Crippen LogP) is 2.47. The number of nitrogens with zero attached hydrogens (tertiary/aromatic N) is 7. The molecule has 1 aliphatic carbocycles. The normalized spacial score (nSPS) is 19.3. The molecule has 34 heavy (non-hydrogen) atoms. The van der Waals surface area contributed by atoms with E-state index in [1.165, 1.54) is 19.3 Å². The van der Waals surface area contributed by atoms with Gasteiger partial charge in [0.1, 0.15) is 5.82 Å². The predicted molar refractivity (Wildman–Crippen MR) is 134 cm³/mol. The van der Waals surface area contributed by atoms with E-state index in [0.717, 1.165) is 49.0 Å². The van der Waals surface area contributed by atoms with Crippen molar-refractivity contribution >= 4 is 11.5 Å². The third-order valence-corrected chi connectivity index (χ3v) is 6.91. The maximum absolute atomic E-state index is 13.1. The van der Waals surface area contributed by atoms with Crippen LogP contribution in [0.4, 0.5) is 11.5 Å². The van der Waals surface area contributed by atoms with Crippen LogP contribution in [-0.4, -0.2) is 64.1 Å². The average molecular weight is 463 g/mol. The molecule has 1 aliphatic heterocycles. The van der Waals surface area contributed by atoms with Crippen LogP contribution < -0.4 is 20.7 Å². The van der Waals surface area contributed by atoms with Crippen LogP contribution in [0.15, 0.2) is 47.9 Å². The number of anilines is 2. The highest BCUT2D eigenvalue weighted by molar-refractivity contribution is 5.46. The smallest absolute Gasteiger partial charge is 0.253 e. The first-order valence-corrected chi connectivity index (χ1v) is 12.2. The topological polar surface area (TPSA) is 84.1 Å². The van der Waals surface area contributed by atoms with Crippen LogP contribution in [0.25, 0.3) is 5.82 Å². The average Bonchev–Trinajstić information content (AvgIpc) is 3.56. The molecular formula is C25H34N8O. The van der Waals surface area contributed by atoms with E-state index >= 15 is 0 Å². The zero-order valence-electron chi connectivity index (χ0n) is 20.3. The van der Waals surface area contributed by atoms with Gasteiger partial charge in [-0.15, -0.1) is 0 Å². The van der Waals surface area contributed by atoms with Gasteiger partial charge >= 0.3 is 0 Å². The van der Waals surface area contributed by atoms with Crippen molar-refractivity contribution in [3.05, 3.63) is 59.0 Å². The fourth-order valence-corrected chi connectivity index (χ4v) is 4.54. The molecular weight excluding hydrogens is 428 g/mol. The van der Waals surface area contributed by atoms with Crippen LogP contribution in [0.3, 0.4) is 0 Å². The molecule has 4 heterocycles. The Balaban J connectivity index is 1.29. The van der Waals surface area contributed by atoms with Crippen molar-refractivity contribution in [3.8, 4) is 5.82 Å². The fraction of sp³-hybridized carbons (Fsp3) is 0.520. The van der Waals surface area contributed by atoms with Gasteiger partial charge in [-0.1, -0.05) is 0 Å². The third-order valence-electron chi connectivity index (χ3n) is 6.91. The molecule has 0 bridgehead atoms. The van der Waals surface area contributed by atoms with Gasteiger partial charge in [-0.3, -0.25) is 9.78 Å². The molecule has 3 aromatic rings. The van der Waals surface area contributed by atoms with Gasteiger partial charge in [0.15, 0.2) is 5.82 Å². The zero-order chi connectivity index (χ0) is 23.7. The molecule has 2 atom stereocenters. The summed E-state index contributed by atoms with van der Waals surface area (Å²) in [5, 5.41) is 8.19. The van der Waals surface area contributed by atoms with E-state index in [-0.39, 0.29) is 11.6 Å². The van der Waals surface area contributed by atoms with E-state index in [4.69, 9.17) is 0 Å². The van der Waals surface area contributed by atoms with Gasteiger partial charge in [0.05, 0.1) is 24.6 Å². The highest BCUT2D eigenvalue weighted by atomic mass is 16.1. The number of pyridine rings is 1. The van der Waals surface area contributed by atoms with Gasteiger partial charge in [-0.05, 0) is 51.1 Å². The molecule has 1 saturated heterocycles. The van der Waals surface area contributed by atoms with Crippen molar-refractivity contribution in [1.82, 2.24) is 29.6 Å². The molecule has 9 nitrogen and oxygen atoms in total. The summed E-state index contributed by atoms with van der Waals surface area (Å²) in [5.74, 6) is 2.29. The fourth-order valence-electron chi connectivity index (χ4n) is 4.54. The molecule has 2 fully saturated rings. The van der Waals surface area contributed by atoms with Crippen LogP contribution in [0, 0.1) is 5.92 Å². The second kappa shape index (κ2) is 9.58. The van der Waals surface area contributed by atoms with Gasteiger partial charge in [-0.2, -0.15) is 5.10 Å². The van der Waals surface area contributed by atoms with Crippen LogP contribution in [0.5, 0.6) is 0 Å². The van der Waals surface area contributed by atoms with Crippen molar-refractivity contribution in [3.63, 3.8) is 0 Å². The van der Waals surface area contributed by atoms with Gasteiger partial charge in [-0.25, -0.2) is 9.67 Å². The van der Waals surface area contributed by atoms with Crippen LogP contribution in [-0.2, 0) is 0 Å². The molecule has 1 N–H and O–H groups in total. The SMILES string of the molecule is CC(c1cnn(-c2cncc(N(C)C)n2)c1)n1ccc(N2CCC[C@@H](NCC3CC3)C2)cc1=O. The summed E-state index contributed by atoms with van der Waals surface area (Å²) in [4.78, 5) is 26.2. The molecule has 0 spiro atoms. The summed E-state index contributed by atoms with van der Waals surface area (Å²) in [6.07, 6.45) is 14.1. The van der Waals surface area contributed by atoms with Gasteiger partial charge < -0.3 is 19.7 Å². The Morgan fingerprint density at radius 3 is 2.82 bits per heavy atom. The van der Waals surface area contributed by atoms with Crippen molar-refractivity contribution in [2.45, 2.75) is 44.7 Å². The lowest BCUT2D eigenvalue weighted by atomic mass is 10.0. The Bertz CT molecular complexity index is 1180. The van der Waals surface area contributed by atoms with Crippen LogP contribution in [0.1, 0.15) is 44.2 Å². The first kappa shape index (κ1) is 22.6. The van der Waals surface area contributed by atoms with E-state index in [1.807, 2.05) is 38.3 Å². The van der Waals surface area contributed by atoms with Crippen LogP contribution in [0.2, 0.25) is 0 Å². The van der Waals surface area contributed by atoms with Gasteiger partial charge in [0.2, 0.25) is 0 Å². The lowest BCUT2D eigenvalue weighted by Crippen LogP contribution is -2.46. The van der Waals surface area contributed by atoms with Crippen molar-refractivity contribution in [1.29, 1.82) is 0 Å². The molecule has 1 saturated carbocycles. The second-order valence-electron chi connectivity index (χ2n) is 9.79. The third kappa shape index (κ3) is 4.99. The van der Waals surface area contributed by atoms with Gasteiger partial charge in [0, 0.05) is 62.9 Å². The molecule has 9 heteroatoms. The number of nitrogens with one attached hydrogen (secondary N) is 1. The first-order valence-electron chi connectivity index (χ1n) is 12.2. The number of hydrogen-bond donors (Lipinski definition) is 1. The Labute approximate surface area is 200 Å². The largest absolute Gasteiger partial charge is 0.370 e. The summed E-state index contributed by atoms with van der Waals surface area (Å²) in [5.41, 5.74) is 1.95. The van der Waals surface area contributed by atoms with Crippen molar-refractivity contribution in [2.75, 3.05) is 43.5 Å². The number of rotatable bonds is 8. The molecule has 1 unspecified atom stereocenters. The Morgan fingerprint density at radius 1 is 1.21 bits per heavy atom. The maximum Gasteiger partial charge on any atom is 0.253 e. The van der Waals surface area contributed by atoms with E-state index in [2.05, 4.69) is 31.3 Å². The second-order valence-corrected chi connectivity index (χ2v) is 9.79. The summed E-state index contributed by atoms with van der Waals surface area (Å²) in [6, 6.07) is 4.21. The van der Waals surface area contributed by atoms with Crippen molar-refractivity contribution < 1.29 is 0 Å². The lowest BCUT2D eigenvalue weighted by molar-refractivity contribution is 0.416. The number of piperidine rings is 1. The first-order chi connectivity index (χ1) is 16.5. The molecule has 0 amide bonds. The minimum Gasteiger partial charge on any atom is -0.370 e. The zero-order valence-corrected chi connectivity index (χ0v) is 20.3. The van der Waals surface area contributed by atoms with Crippen molar-refractivity contribution in [2.24, 2.45) is 5.92 Å².